The lowest BCUT2D eigenvalue weighted by Gasteiger charge is -2.33. The molecule has 124 valence electrons. The second kappa shape index (κ2) is 20.9. The van der Waals surface area contributed by atoms with Crippen LogP contribution in [0.15, 0.2) is 0 Å². The standard InChI is InChI=1S/C8H17NO.C5H11N.2C2H6/c1-3-4-5-6-8(7-10)9-2;1-5-3-6(2)4-5;2*1-2/h7-9H,3-6H2,1-2H3;5H,3-4H2,1-2H3;2*1-2H3. The topological polar surface area (TPSA) is 32.3 Å². The molecule has 1 fully saturated rings. The third kappa shape index (κ3) is 17.6. The summed E-state index contributed by atoms with van der Waals surface area (Å²) in [5.41, 5.74) is 0. The Hall–Kier alpha value is -0.410. The molecule has 3 heteroatoms. The first-order valence-corrected chi connectivity index (χ1v) is 8.45. The highest BCUT2D eigenvalue weighted by Gasteiger charge is 2.16. The van der Waals surface area contributed by atoms with E-state index in [1.54, 1.807) is 0 Å². The van der Waals surface area contributed by atoms with E-state index in [1.807, 2.05) is 34.7 Å². The van der Waals surface area contributed by atoms with Crippen LogP contribution in [0.25, 0.3) is 0 Å². The van der Waals surface area contributed by atoms with Gasteiger partial charge in [0, 0.05) is 13.1 Å². The summed E-state index contributed by atoms with van der Waals surface area (Å²) in [5, 5.41) is 2.94. The number of aldehydes is 1. The maximum atomic E-state index is 10.3. The number of hydrogen-bond acceptors (Lipinski definition) is 3. The van der Waals surface area contributed by atoms with E-state index >= 15 is 0 Å². The van der Waals surface area contributed by atoms with Gasteiger partial charge in [-0.05, 0) is 26.4 Å². The zero-order valence-electron chi connectivity index (χ0n) is 15.3. The van der Waals surface area contributed by atoms with Crippen LogP contribution in [0.5, 0.6) is 0 Å². The van der Waals surface area contributed by atoms with Crippen LogP contribution in [0.1, 0.15) is 67.2 Å². The van der Waals surface area contributed by atoms with Crippen molar-refractivity contribution in [1.29, 1.82) is 0 Å². The summed E-state index contributed by atoms with van der Waals surface area (Å²) < 4.78 is 0. The van der Waals surface area contributed by atoms with Crippen molar-refractivity contribution in [2.24, 2.45) is 5.92 Å². The van der Waals surface area contributed by atoms with Gasteiger partial charge in [-0.2, -0.15) is 0 Å². The number of likely N-dealkylation sites (N-methyl/N-ethyl adjacent to an activating group) is 1. The quantitative estimate of drug-likeness (QED) is 0.593. The number of unbranched alkanes of at least 4 members (excludes halogenated alkanes) is 2. The summed E-state index contributed by atoms with van der Waals surface area (Å²) in [6.45, 7) is 15.1. The molecule has 0 spiro atoms. The molecule has 0 aromatic heterocycles. The normalized spacial score (nSPS) is 15.2. The predicted molar refractivity (Wildman–Crippen MR) is 92.4 cm³/mol. The Balaban J connectivity index is -0.000000245. The molecule has 0 saturated carbocycles. The van der Waals surface area contributed by atoms with Crippen molar-refractivity contribution >= 4 is 6.29 Å². The third-order valence-electron chi connectivity index (χ3n) is 2.90. The molecule has 0 aromatic carbocycles. The minimum absolute atomic E-state index is 0.0755. The van der Waals surface area contributed by atoms with Crippen molar-refractivity contribution in [3.8, 4) is 0 Å². The van der Waals surface area contributed by atoms with Crippen LogP contribution in [0.2, 0.25) is 0 Å². The highest BCUT2D eigenvalue weighted by Crippen LogP contribution is 2.09. The van der Waals surface area contributed by atoms with Crippen LogP contribution in [0.4, 0.5) is 0 Å². The van der Waals surface area contributed by atoms with Crippen LogP contribution in [-0.4, -0.2) is 44.4 Å². The summed E-state index contributed by atoms with van der Waals surface area (Å²) in [4.78, 5) is 12.6. The van der Waals surface area contributed by atoms with Crippen LogP contribution in [0.3, 0.4) is 0 Å². The molecule has 1 atom stereocenters. The summed E-state index contributed by atoms with van der Waals surface area (Å²) >= 11 is 0. The molecule has 0 amide bonds. The monoisotopic (exact) mass is 288 g/mol. The summed E-state index contributed by atoms with van der Waals surface area (Å²) in [6.07, 6.45) is 5.56. The predicted octanol–water partition coefficient (Wildman–Crippen LogP) is 3.97. The lowest BCUT2D eigenvalue weighted by atomic mass is 10.1. The van der Waals surface area contributed by atoms with Gasteiger partial charge in [-0.25, -0.2) is 0 Å². The largest absolute Gasteiger partial charge is 0.311 e. The molecule has 1 saturated heterocycles. The van der Waals surface area contributed by atoms with Crippen LogP contribution in [0, 0.1) is 5.92 Å². The van der Waals surface area contributed by atoms with E-state index in [0.717, 1.165) is 25.0 Å². The van der Waals surface area contributed by atoms with E-state index in [2.05, 4.69) is 31.1 Å². The molecule has 1 heterocycles. The second-order valence-corrected chi connectivity index (χ2v) is 4.85. The fourth-order valence-electron chi connectivity index (χ4n) is 1.91. The van der Waals surface area contributed by atoms with Crippen molar-refractivity contribution in [3.05, 3.63) is 0 Å². The number of likely N-dealkylation sites (tertiary alicyclic amines) is 1. The maximum Gasteiger partial charge on any atom is 0.136 e. The Morgan fingerprint density at radius 3 is 1.90 bits per heavy atom. The average Bonchev–Trinajstić information content (AvgIpc) is 2.47. The van der Waals surface area contributed by atoms with Gasteiger partial charge in [-0.15, -0.1) is 0 Å². The number of rotatable bonds is 6. The lowest BCUT2D eigenvalue weighted by Crippen LogP contribution is -2.41. The van der Waals surface area contributed by atoms with Crippen LogP contribution in [-0.2, 0) is 4.79 Å². The van der Waals surface area contributed by atoms with E-state index < -0.39 is 0 Å². The average molecular weight is 289 g/mol. The molecule has 0 aromatic rings. The zero-order chi connectivity index (χ0) is 16.4. The molecule has 1 rings (SSSR count). The van der Waals surface area contributed by atoms with Gasteiger partial charge in [0.1, 0.15) is 6.29 Å². The van der Waals surface area contributed by atoms with Gasteiger partial charge in [-0.3, -0.25) is 0 Å². The lowest BCUT2D eigenvalue weighted by molar-refractivity contribution is -0.109. The molecule has 0 bridgehead atoms. The van der Waals surface area contributed by atoms with Crippen LogP contribution < -0.4 is 5.32 Å². The number of nitrogens with one attached hydrogen (secondary N) is 1. The Morgan fingerprint density at radius 1 is 1.20 bits per heavy atom. The Labute approximate surface area is 128 Å². The number of carbonyl (C=O) groups excluding carboxylic acids is 1. The van der Waals surface area contributed by atoms with E-state index in [9.17, 15) is 4.79 Å². The molecular formula is C17H40N2O. The molecule has 1 aliphatic heterocycles. The molecule has 0 radical (unpaired) electrons. The molecule has 3 nitrogen and oxygen atoms in total. The molecule has 1 unspecified atom stereocenters. The van der Waals surface area contributed by atoms with Crippen molar-refractivity contribution in [2.45, 2.75) is 73.3 Å². The van der Waals surface area contributed by atoms with Crippen LogP contribution >= 0.6 is 0 Å². The first kappa shape index (κ1) is 24.6. The van der Waals surface area contributed by atoms with E-state index in [0.29, 0.717) is 0 Å². The molecular weight excluding hydrogens is 248 g/mol. The van der Waals surface area contributed by atoms with E-state index in [1.165, 1.54) is 25.9 Å². The van der Waals surface area contributed by atoms with E-state index in [-0.39, 0.29) is 6.04 Å². The highest BCUT2D eigenvalue weighted by atomic mass is 16.1. The number of hydrogen-bond donors (Lipinski definition) is 1. The van der Waals surface area contributed by atoms with Gasteiger partial charge in [0.15, 0.2) is 0 Å². The Bertz CT molecular complexity index is 162. The minimum Gasteiger partial charge on any atom is -0.311 e. The summed E-state index contributed by atoms with van der Waals surface area (Å²) in [5.74, 6) is 0.968. The number of nitrogens with zero attached hydrogens (tertiary/aromatic N) is 1. The van der Waals surface area contributed by atoms with Gasteiger partial charge in [0.25, 0.3) is 0 Å². The summed E-state index contributed by atoms with van der Waals surface area (Å²) in [7, 11) is 3.98. The zero-order valence-corrected chi connectivity index (χ0v) is 15.3. The highest BCUT2D eigenvalue weighted by molar-refractivity contribution is 5.57. The SMILES string of the molecule is CC.CC.CC1CN(C)C1.CCCCCC(C=O)NC. The molecule has 1 aliphatic rings. The van der Waals surface area contributed by atoms with Crippen molar-refractivity contribution < 1.29 is 4.79 Å². The number of carbonyl (C=O) groups is 1. The van der Waals surface area contributed by atoms with Gasteiger partial charge in [0.2, 0.25) is 0 Å². The first-order valence-electron chi connectivity index (χ1n) is 8.45. The first-order chi connectivity index (χ1) is 9.63. The van der Waals surface area contributed by atoms with Gasteiger partial charge in [-0.1, -0.05) is 60.8 Å². The Morgan fingerprint density at radius 2 is 1.70 bits per heavy atom. The van der Waals surface area contributed by atoms with Crippen molar-refractivity contribution in [1.82, 2.24) is 10.2 Å². The second-order valence-electron chi connectivity index (χ2n) is 4.85. The molecule has 20 heavy (non-hydrogen) atoms. The fourth-order valence-corrected chi connectivity index (χ4v) is 1.91. The smallest absolute Gasteiger partial charge is 0.136 e. The Kier molecular flexibility index (Phi) is 25.7. The third-order valence-corrected chi connectivity index (χ3v) is 2.90. The van der Waals surface area contributed by atoms with Gasteiger partial charge >= 0.3 is 0 Å². The summed E-state index contributed by atoms with van der Waals surface area (Å²) in [6, 6.07) is 0.0755. The minimum atomic E-state index is 0.0755. The van der Waals surface area contributed by atoms with Crippen molar-refractivity contribution in [3.63, 3.8) is 0 Å². The van der Waals surface area contributed by atoms with E-state index in [4.69, 9.17) is 0 Å². The van der Waals surface area contributed by atoms with Gasteiger partial charge < -0.3 is 15.0 Å². The van der Waals surface area contributed by atoms with Crippen molar-refractivity contribution in [2.75, 3.05) is 27.2 Å². The molecule has 1 N–H and O–H groups in total. The molecule has 0 aliphatic carbocycles. The maximum absolute atomic E-state index is 10.3. The van der Waals surface area contributed by atoms with Gasteiger partial charge in [0.05, 0.1) is 6.04 Å². The fraction of sp³-hybridized carbons (Fsp3) is 0.941.